The second-order valence-corrected chi connectivity index (χ2v) is 5.12. The van der Waals surface area contributed by atoms with Gasteiger partial charge in [-0.1, -0.05) is 13.8 Å². The molecule has 0 rings (SSSR count). The predicted molar refractivity (Wildman–Crippen MR) is 71.6 cm³/mol. The number of hydrogen-bond donors (Lipinski definition) is 3. The van der Waals surface area contributed by atoms with Crippen LogP contribution >= 0.6 is 0 Å². The van der Waals surface area contributed by atoms with Crippen LogP contribution in [0.2, 0.25) is 0 Å². The zero-order valence-corrected chi connectivity index (χ0v) is 11.6. The summed E-state index contributed by atoms with van der Waals surface area (Å²) in [5.74, 6) is -1.24. The van der Waals surface area contributed by atoms with E-state index in [0.717, 1.165) is 11.3 Å². The Morgan fingerprint density at radius 3 is 1.84 bits per heavy atom. The summed E-state index contributed by atoms with van der Waals surface area (Å²) in [7, 11) is 0. The van der Waals surface area contributed by atoms with Crippen molar-refractivity contribution in [1.29, 1.82) is 0 Å². The van der Waals surface area contributed by atoms with Crippen LogP contribution in [0.15, 0.2) is 0 Å². The van der Waals surface area contributed by atoms with E-state index in [1.54, 1.807) is 0 Å². The second kappa shape index (κ2) is 8.47. The Kier molecular flexibility index (Phi) is 7.74. The van der Waals surface area contributed by atoms with Crippen molar-refractivity contribution in [1.82, 2.24) is 4.90 Å². The van der Waals surface area contributed by atoms with Gasteiger partial charge in [0.05, 0.1) is 13.1 Å². The summed E-state index contributed by atoms with van der Waals surface area (Å²) in [6.45, 7) is 3.85. The Morgan fingerprint density at radius 2 is 1.53 bits per heavy atom. The summed E-state index contributed by atoms with van der Waals surface area (Å²) in [5.41, 5.74) is 15.7. The zero-order chi connectivity index (χ0) is 15.0. The van der Waals surface area contributed by atoms with E-state index in [1.165, 1.54) is 0 Å². The maximum absolute atomic E-state index is 12.0. The fourth-order valence-electron chi connectivity index (χ4n) is 1.91. The van der Waals surface area contributed by atoms with Crippen molar-refractivity contribution in [2.45, 2.75) is 26.7 Å². The van der Waals surface area contributed by atoms with Crippen LogP contribution in [0.4, 0.5) is 0 Å². The van der Waals surface area contributed by atoms with Gasteiger partial charge in [-0.25, -0.2) is 0 Å². The van der Waals surface area contributed by atoms with E-state index >= 15 is 0 Å². The first kappa shape index (κ1) is 17.4. The van der Waals surface area contributed by atoms with E-state index in [2.05, 4.69) is 0 Å². The monoisotopic (exact) mass is 272 g/mol. The first-order chi connectivity index (χ1) is 8.76. The van der Waals surface area contributed by atoms with Crippen LogP contribution in [0.25, 0.3) is 0 Å². The third-order valence-electron chi connectivity index (χ3n) is 2.65. The van der Waals surface area contributed by atoms with Crippen LogP contribution in [0, 0.1) is 11.8 Å². The van der Waals surface area contributed by atoms with Crippen molar-refractivity contribution in [2.75, 3.05) is 19.6 Å². The SMILES string of the molecule is CC(C)C[C@H](CN)CC(=O)N(CC(N)=O)CC(N)=O. The van der Waals surface area contributed by atoms with Gasteiger partial charge in [-0.05, 0) is 24.8 Å². The maximum atomic E-state index is 12.0. The highest BCUT2D eigenvalue weighted by molar-refractivity contribution is 5.88. The fraction of sp³-hybridized carbons (Fsp3) is 0.750. The summed E-state index contributed by atoms with van der Waals surface area (Å²) in [6, 6.07) is 0. The lowest BCUT2D eigenvalue weighted by Gasteiger charge is -2.23. The quantitative estimate of drug-likeness (QED) is 0.486. The number of nitrogens with zero attached hydrogens (tertiary/aromatic N) is 1. The minimum Gasteiger partial charge on any atom is -0.368 e. The van der Waals surface area contributed by atoms with Gasteiger partial charge in [-0.2, -0.15) is 0 Å². The number of carbonyl (C=O) groups is 3. The minimum absolute atomic E-state index is 0.0238. The largest absolute Gasteiger partial charge is 0.368 e. The molecule has 3 amide bonds. The average Bonchev–Trinajstić information content (AvgIpc) is 2.25. The maximum Gasteiger partial charge on any atom is 0.237 e. The lowest BCUT2D eigenvalue weighted by atomic mass is 9.94. The lowest BCUT2D eigenvalue weighted by Crippen LogP contribution is -2.44. The smallest absolute Gasteiger partial charge is 0.237 e. The van der Waals surface area contributed by atoms with Gasteiger partial charge in [0.2, 0.25) is 17.7 Å². The van der Waals surface area contributed by atoms with Gasteiger partial charge in [0, 0.05) is 6.42 Å². The first-order valence-corrected chi connectivity index (χ1v) is 6.30. The number of carbonyl (C=O) groups excluding carboxylic acids is 3. The van der Waals surface area contributed by atoms with E-state index in [1.807, 2.05) is 13.8 Å². The highest BCUT2D eigenvalue weighted by Gasteiger charge is 2.21. The van der Waals surface area contributed by atoms with Crippen molar-refractivity contribution < 1.29 is 14.4 Å². The highest BCUT2D eigenvalue weighted by atomic mass is 16.2. The van der Waals surface area contributed by atoms with Crippen molar-refractivity contribution in [3.63, 3.8) is 0 Å². The van der Waals surface area contributed by atoms with Gasteiger partial charge in [-0.15, -0.1) is 0 Å². The molecule has 0 aliphatic heterocycles. The van der Waals surface area contributed by atoms with Gasteiger partial charge in [-0.3, -0.25) is 14.4 Å². The standard InChI is InChI=1S/C12H24N4O3/c1-8(2)3-9(5-13)4-12(19)16(6-10(14)17)7-11(15)18/h8-9H,3-7,13H2,1-2H3,(H2,14,17)(H2,15,18)/t9-/m0/s1. The van der Waals surface area contributed by atoms with Crippen LogP contribution in [-0.2, 0) is 14.4 Å². The molecule has 6 N–H and O–H groups in total. The molecule has 19 heavy (non-hydrogen) atoms. The zero-order valence-electron chi connectivity index (χ0n) is 11.6. The number of nitrogens with two attached hydrogens (primary N) is 3. The normalized spacial score (nSPS) is 12.2. The number of primary amides is 2. The molecule has 0 aromatic carbocycles. The molecule has 0 aliphatic carbocycles. The number of rotatable bonds is 9. The minimum atomic E-state index is -0.678. The second-order valence-electron chi connectivity index (χ2n) is 5.12. The molecule has 0 heterocycles. The highest BCUT2D eigenvalue weighted by Crippen LogP contribution is 2.15. The molecule has 0 saturated carbocycles. The molecule has 0 saturated heterocycles. The Hall–Kier alpha value is -1.63. The van der Waals surface area contributed by atoms with Gasteiger partial charge in [0.1, 0.15) is 0 Å². The van der Waals surface area contributed by atoms with Crippen molar-refractivity contribution in [3.05, 3.63) is 0 Å². The van der Waals surface area contributed by atoms with Gasteiger partial charge in [0.15, 0.2) is 0 Å². The third-order valence-corrected chi connectivity index (χ3v) is 2.65. The third kappa shape index (κ3) is 8.15. The van der Waals surface area contributed by atoms with Crippen molar-refractivity contribution >= 4 is 17.7 Å². The van der Waals surface area contributed by atoms with Crippen molar-refractivity contribution in [3.8, 4) is 0 Å². The van der Waals surface area contributed by atoms with E-state index in [9.17, 15) is 14.4 Å². The van der Waals surface area contributed by atoms with E-state index in [0.29, 0.717) is 12.5 Å². The predicted octanol–water partition coefficient (Wildman–Crippen LogP) is -1.20. The Labute approximate surface area is 113 Å². The molecule has 110 valence electrons. The summed E-state index contributed by atoms with van der Waals surface area (Å²) in [4.78, 5) is 34.9. The molecule has 7 heteroatoms. The summed E-state index contributed by atoms with van der Waals surface area (Å²) in [6.07, 6.45) is 0.998. The van der Waals surface area contributed by atoms with Gasteiger partial charge in [0.25, 0.3) is 0 Å². The van der Waals surface area contributed by atoms with Crippen LogP contribution in [0.3, 0.4) is 0 Å². The van der Waals surface area contributed by atoms with Gasteiger partial charge < -0.3 is 22.1 Å². The van der Waals surface area contributed by atoms with Crippen LogP contribution < -0.4 is 17.2 Å². The molecular weight excluding hydrogens is 248 g/mol. The molecular formula is C12H24N4O3. The summed E-state index contributed by atoms with van der Waals surface area (Å²) in [5, 5.41) is 0. The van der Waals surface area contributed by atoms with E-state index in [-0.39, 0.29) is 31.3 Å². The summed E-state index contributed by atoms with van der Waals surface area (Å²) < 4.78 is 0. The molecule has 0 radical (unpaired) electrons. The summed E-state index contributed by atoms with van der Waals surface area (Å²) >= 11 is 0. The molecule has 0 aromatic rings. The Bertz CT molecular complexity index is 315. The first-order valence-electron chi connectivity index (χ1n) is 6.30. The average molecular weight is 272 g/mol. The van der Waals surface area contributed by atoms with Gasteiger partial charge >= 0.3 is 0 Å². The van der Waals surface area contributed by atoms with E-state index < -0.39 is 11.8 Å². The lowest BCUT2D eigenvalue weighted by molar-refractivity contribution is -0.138. The fourth-order valence-corrected chi connectivity index (χ4v) is 1.91. The van der Waals surface area contributed by atoms with Crippen LogP contribution in [0.5, 0.6) is 0 Å². The molecule has 0 aromatic heterocycles. The van der Waals surface area contributed by atoms with Crippen LogP contribution in [0.1, 0.15) is 26.7 Å². The number of hydrogen-bond acceptors (Lipinski definition) is 4. The molecule has 7 nitrogen and oxygen atoms in total. The van der Waals surface area contributed by atoms with Crippen molar-refractivity contribution in [2.24, 2.45) is 29.0 Å². The molecule has 0 bridgehead atoms. The number of amides is 3. The topological polar surface area (TPSA) is 133 Å². The molecule has 0 unspecified atom stereocenters. The Balaban J connectivity index is 4.59. The Morgan fingerprint density at radius 1 is 1.05 bits per heavy atom. The molecule has 0 aliphatic rings. The molecule has 0 fully saturated rings. The molecule has 1 atom stereocenters. The van der Waals surface area contributed by atoms with Crippen LogP contribution in [-0.4, -0.2) is 42.3 Å². The van der Waals surface area contributed by atoms with E-state index in [4.69, 9.17) is 17.2 Å². The molecule has 0 spiro atoms.